The molecule has 0 heterocycles. The second-order valence-electron chi connectivity index (χ2n) is 4.57. The molecule has 0 bridgehead atoms. The lowest BCUT2D eigenvalue weighted by atomic mass is 10.1. The maximum Gasteiger partial charge on any atom is 0.240 e. The van der Waals surface area contributed by atoms with Gasteiger partial charge in [0.1, 0.15) is 0 Å². The van der Waals surface area contributed by atoms with Gasteiger partial charge in [0, 0.05) is 13.2 Å². The zero-order valence-corrected chi connectivity index (χ0v) is 12.1. The van der Waals surface area contributed by atoms with Gasteiger partial charge < -0.3 is 4.74 Å². The van der Waals surface area contributed by atoms with Crippen LogP contribution in [0, 0.1) is 17.2 Å². The van der Waals surface area contributed by atoms with Crippen molar-refractivity contribution in [1.29, 1.82) is 5.26 Å². The Morgan fingerprint density at radius 1 is 1.42 bits per heavy atom. The Bertz CT molecular complexity index is 561. The van der Waals surface area contributed by atoms with Crippen molar-refractivity contribution < 1.29 is 13.2 Å². The van der Waals surface area contributed by atoms with Gasteiger partial charge in [0.2, 0.25) is 10.0 Å². The smallest absolute Gasteiger partial charge is 0.240 e. The second-order valence-corrected chi connectivity index (χ2v) is 6.28. The lowest BCUT2D eigenvalue weighted by Crippen LogP contribution is -2.41. The van der Waals surface area contributed by atoms with E-state index in [0.717, 1.165) is 0 Å². The van der Waals surface area contributed by atoms with Crippen LogP contribution >= 0.6 is 0 Å². The molecule has 0 aromatic heterocycles. The molecule has 1 unspecified atom stereocenters. The fourth-order valence-electron chi connectivity index (χ4n) is 1.54. The molecule has 1 atom stereocenters. The second kappa shape index (κ2) is 6.66. The topological polar surface area (TPSA) is 79.2 Å². The zero-order chi connectivity index (χ0) is 14.5. The Morgan fingerprint density at radius 3 is 2.63 bits per heavy atom. The Morgan fingerprint density at radius 2 is 2.11 bits per heavy atom. The average Bonchev–Trinajstić information content (AvgIpc) is 2.38. The minimum absolute atomic E-state index is 0.0910. The SMILES string of the molecule is COCC(NS(=O)(=O)c1cccc(C#N)c1)C(C)C. The molecule has 0 spiro atoms. The average molecular weight is 282 g/mol. The van der Waals surface area contributed by atoms with Crippen LogP contribution < -0.4 is 4.72 Å². The summed E-state index contributed by atoms with van der Waals surface area (Å²) in [5, 5.41) is 8.80. The van der Waals surface area contributed by atoms with E-state index < -0.39 is 10.0 Å². The first kappa shape index (κ1) is 15.6. The summed E-state index contributed by atoms with van der Waals surface area (Å²) in [6.07, 6.45) is 0. The molecule has 5 nitrogen and oxygen atoms in total. The van der Waals surface area contributed by atoms with Crippen LogP contribution in [0.4, 0.5) is 0 Å². The number of nitrogens with zero attached hydrogens (tertiary/aromatic N) is 1. The van der Waals surface area contributed by atoms with Crippen LogP contribution in [0.3, 0.4) is 0 Å². The van der Waals surface area contributed by atoms with Gasteiger partial charge in [-0.2, -0.15) is 5.26 Å². The molecule has 1 aromatic rings. The van der Waals surface area contributed by atoms with Gasteiger partial charge in [-0.1, -0.05) is 19.9 Å². The lowest BCUT2D eigenvalue weighted by molar-refractivity contribution is 0.157. The molecule has 19 heavy (non-hydrogen) atoms. The van der Waals surface area contributed by atoms with Gasteiger partial charge in [-0.05, 0) is 24.1 Å². The van der Waals surface area contributed by atoms with E-state index in [1.165, 1.54) is 19.2 Å². The summed E-state index contributed by atoms with van der Waals surface area (Å²) in [4.78, 5) is 0.0910. The summed E-state index contributed by atoms with van der Waals surface area (Å²) in [6.45, 7) is 4.13. The van der Waals surface area contributed by atoms with Gasteiger partial charge in [0.15, 0.2) is 0 Å². The van der Waals surface area contributed by atoms with Crippen LogP contribution in [0.5, 0.6) is 0 Å². The molecule has 0 amide bonds. The first-order chi connectivity index (χ1) is 8.90. The third kappa shape index (κ3) is 4.31. The summed E-state index contributed by atoms with van der Waals surface area (Å²) >= 11 is 0. The molecule has 1 aromatic carbocycles. The van der Waals surface area contributed by atoms with Crippen molar-refractivity contribution in [3.05, 3.63) is 29.8 Å². The van der Waals surface area contributed by atoms with E-state index in [2.05, 4.69) is 4.72 Å². The molecule has 104 valence electrons. The van der Waals surface area contributed by atoms with E-state index in [-0.39, 0.29) is 16.9 Å². The highest BCUT2D eigenvalue weighted by atomic mass is 32.2. The summed E-state index contributed by atoms with van der Waals surface area (Å²) < 4.78 is 32.0. The highest BCUT2D eigenvalue weighted by Crippen LogP contribution is 2.13. The maximum absolute atomic E-state index is 12.2. The van der Waals surface area contributed by atoms with Crippen molar-refractivity contribution in [2.24, 2.45) is 5.92 Å². The van der Waals surface area contributed by atoms with Crippen molar-refractivity contribution >= 4 is 10.0 Å². The Labute approximate surface area is 114 Å². The van der Waals surface area contributed by atoms with Crippen molar-refractivity contribution in [2.75, 3.05) is 13.7 Å². The first-order valence-electron chi connectivity index (χ1n) is 5.92. The Balaban J connectivity index is 3.00. The number of rotatable bonds is 6. The number of methoxy groups -OCH3 is 1. The fourth-order valence-corrected chi connectivity index (χ4v) is 2.96. The third-order valence-electron chi connectivity index (χ3n) is 2.73. The van der Waals surface area contributed by atoms with Crippen molar-refractivity contribution in [1.82, 2.24) is 4.72 Å². The normalized spacial score (nSPS) is 13.2. The van der Waals surface area contributed by atoms with Crippen LogP contribution in [0.2, 0.25) is 0 Å². The van der Waals surface area contributed by atoms with Crippen LogP contribution in [0.1, 0.15) is 19.4 Å². The third-order valence-corrected chi connectivity index (χ3v) is 4.22. The highest BCUT2D eigenvalue weighted by molar-refractivity contribution is 7.89. The van der Waals surface area contributed by atoms with E-state index in [1.807, 2.05) is 19.9 Å². The molecule has 1 N–H and O–H groups in total. The number of ether oxygens (including phenoxy) is 1. The maximum atomic E-state index is 12.2. The van der Waals surface area contributed by atoms with Crippen LogP contribution in [-0.4, -0.2) is 28.2 Å². The summed E-state index contributed by atoms with van der Waals surface area (Å²) in [6, 6.07) is 7.55. The molecule has 0 aliphatic carbocycles. The summed E-state index contributed by atoms with van der Waals surface area (Å²) in [5.74, 6) is 0.105. The van der Waals surface area contributed by atoms with Gasteiger partial charge in [0.25, 0.3) is 0 Å². The summed E-state index contributed by atoms with van der Waals surface area (Å²) in [7, 11) is -2.11. The van der Waals surface area contributed by atoms with Gasteiger partial charge in [-0.15, -0.1) is 0 Å². The Hall–Kier alpha value is -1.42. The molecule has 0 aliphatic heterocycles. The standard InChI is InChI=1S/C13H18N2O3S/c1-10(2)13(9-18-3)15-19(16,17)12-6-4-5-11(7-12)8-14/h4-7,10,13,15H,9H2,1-3H3. The monoisotopic (exact) mass is 282 g/mol. The van der Waals surface area contributed by atoms with E-state index >= 15 is 0 Å². The zero-order valence-electron chi connectivity index (χ0n) is 11.3. The van der Waals surface area contributed by atoms with Crippen molar-refractivity contribution in [3.8, 4) is 6.07 Å². The first-order valence-corrected chi connectivity index (χ1v) is 7.40. The Kier molecular flexibility index (Phi) is 5.48. The summed E-state index contributed by atoms with van der Waals surface area (Å²) in [5.41, 5.74) is 0.315. The lowest BCUT2D eigenvalue weighted by Gasteiger charge is -2.21. The quantitative estimate of drug-likeness (QED) is 0.857. The predicted octanol–water partition coefficient (Wildman–Crippen LogP) is 1.51. The fraction of sp³-hybridized carbons (Fsp3) is 0.462. The number of sulfonamides is 1. The van der Waals surface area contributed by atoms with E-state index in [0.29, 0.717) is 12.2 Å². The van der Waals surface area contributed by atoms with Crippen molar-refractivity contribution in [3.63, 3.8) is 0 Å². The number of nitrogens with one attached hydrogen (secondary N) is 1. The number of hydrogen-bond donors (Lipinski definition) is 1. The molecular weight excluding hydrogens is 264 g/mol. The minimum Gasteiger partial charge on any atom is -0.383 e. The van der Waals surface area contributed by atoms with Gasteiger partial charge in [-0.25, -0.2) is 13.1 Å². The number of hydrogen-bond acceptors (Lipinski definition) is 4. The number of nitriles is 1. The molecule has 0 fully saturated rings. The van der Waals surface area contributed by atoms with Gasteiger partial charge >= 0.3 is 0 Å². The number of benzene rings is 1. The molecule has 0 saturated carbocycles. The van der Waals surface area contributed by atoms with Crippen LogP contribution in [0.25, 0.3) is 0 Å². The minimum atomic E-state index is -3.64. The van der Waals surface area contributed by atoms with Crippen molar-refractivity contribution in [2.45, 2.75) is 24.8 Å². The van der Waals surface area contributed by atoms with E-state index in [1.54, 1.807) is 12.1 Å². The van der Waals surface area contributed by atoms with Crippen LogP contribution in [-0.2, 0) is 14.8 Å². The molecule has 1 rings (SSSR count). The van der Waals surface area contributed by atoms with E-state index in [9.17, 15) is 8.42 Å². The largest absolute Gasteiger partial charge is 0.383 e. The molecule has 0 saturated heterocycles. The molecule has 6 heteroatoms. The molecule has 0 radical (unpaired) electrons. The molecule has 0 aliphatic rings. The molecular formula is C13H18N2O3S. The van der Waals surface area contributed by atoms with Gasteiger partial charge in [-0.3, -0.25) is 0 Å². The van der Waals surface area contributed by atoms with Crippen LogP contribution in [0.15, 0.2) is 29.2 Å². The van der Waals surface area contributed by atoms with E-state index in [4.69, 9.17) is 10.00 Å². The highest BCUT2D eigenvalue weighted by Gasteiger charge is 2.22. The predicted molar refractivity (Wildman–Crippen MR) is 72.0 cm³/mol. The van der Waals surface area contributed by atoms with Gasteiger partial charge in [0.05, 0.1) is 23.1 Å².